The Morgan fingerprint density at radius 2 is 2.00 bits per heavy atom. The Kier molecular flexibility index (Phi) is 4.19. The highest BCUT2D eigenvalue weighted by molar-refractivity contribution is 7.91. The van der Waals surface area contributed by atoms with Crippen molar-refractivity contribution in [3.05, 3.63) is 0 Å². The van der Waals surface area contributed by atoms with Crippen LogP contribution in [-0.4, -0.2) is 44.5 Å². The summed E-state index contributed by atoms with van der Waals surface area (Å²) in [5, 5.41) is 0. The summed E-state index contributed by atoms with van der Waals surface area (Å²) in [6.07, 6.45) is 3.18. The van der Waals surface area contributed by atoms with E-state index in [1.165, 1.54) is 12.8 Å². The van der Waals surface area contributed by atoms with Crippen molar-refractivity contribution >= 4 is 9.84 Å². The Bertz CT molecular complexity index is 236. The van der Waals surface area contributed by atoms with Crippen LogP contribution in [0.2, 0.25) is 0 Å². The fourth-order valence-corrected chi connectivity index (χ4v) is 2.90. The molecule has 0 aromatic carbocycles. The van der Waals surface area contributed by atoms with Gasteiger partial charge in [-0.3, -0.25) is 0 Å². The molecule has 0 atom stereocenters. The molecule has 0 bridgehead atoms. The van der Waals surface area contributed by atoms with E-state index in [0.29, 0.717) is 11.5 Å². The quantitative estimate of drug-likeness (QED) is 0.687. The van der Waals surface area contributed by atoms with Gasteiger partial charge in [0.05, 0.1) is 11.5 Å². The Labute approximate surface area is 81.0 Å². The first-order valence-electron chi connectivity index (χ1n) is 5.07. The maximum Gasteiger partial charge on any atom is 0.151 e. The second-order valence-corrected chi connectivity index (χ2v) is 6.00. The Hall–Kier alpha value is -0.0900. The molecule has 3 nitrogen and oxygen atoms in total. The molecule has 0 amide bonds. The second kappa shape index (κ2) is 4.96. The number of sulfone groups is 1. The van der Waals surface area contributed by atoms with Gasteiger partial charge in [-0.1, -0.05) is 13.3 Å². The Balaban J connectivity index is 2.36. The minimum atomic E-state index is -2.72. The van der Waals surface area contributed by atoms with Crippen LogP contribution in [0.1, 0.15) is 26.2 Å². The van der Waals surface area contributed by atoms with Crippen LogP contribution in [0.15, 0.2) is 0 Å². The normalized spacial score (nSPS) is 24.1. The van der Waals surface area contributed by atoms with Crippen molar-refractivity contribution < 1.29 is 8.42 Å². The molecule has 0 unspecified atom stereocenters. The summed E-state index contributed by atoms with van der Waals surface area (Å²) < 4.78 is 22.5. The third-order valence-corrected chi connectivity index (χ3v) is 4.19. The largest absolute Gasteiger partial charge is 0.302 e. The van der Waals surface area contributed by atoms with Gasteiger partial charge in [0.25, 0.3) is 0 Å². The van der Waals surface area contributed by atoms with Gasteiger partial charge in [-0.25, -0.2) is 8.42 Å². The van der Waals surface area contributed by atoms with Crippen molar-refractivity contribution in [3.8, 4) is 0 Å². The highest BCUT2D eigenvalue weighted by Crippen LogP contribution is 2.05. The molecule has 1 fully saturated rings. The Morgan fingerprint density at radius 3 is 2.69 bits per heavy atom. The maximum absolute atomic E-state index is 11.3. The summed E-state index contributed by atoms with van der Waals surface area (Å²) in [4.78, 5) is 2.27. The fraction of sp³-hybridized carbons (Fsp3) is 1.00. The highest BCUT2D eigenvalue weighted by Gasteiger charge is 2.18. The smallest absolute Gasteiger partial charge is 0.151 e. The molecule has 1 aliphatic heterocycles. The zero-order valence-corrected chi connectivity index (χ0v) is 9.15. The van der Waals surface area contributed by atoms with Gasteiger partial charge in [0, 0.05) is 6.54 Å². The van der Waals surface area contributed by atoms with Gasteiger partial charge in [0.15, 0.2) is 9.84 Å². The van der Waals surface area contributed by atoms with Crippen LogP contribution in [0, 0.1) is 0 Å². The first-order chi connectivity index (χ1) is 6.14. The van der Waals surface area contributed by atoms with Crippen LogP contribution in [0.3, 0.4) is 0 Å². The molecular weight excluding hydrogens is 186 g/mol. The minimum Gasteiger partial charge on any atom is -0.302 e. The third-order valence-electron chi connectivity index (χ3n) is 2.48. The second-order valence-electron chi connectivity index (χ2n) is 3.70. The van der Waals surface area contributed by atoms with Crippen molar-refractivity contribution in [2.24, 2.45) is 0 Å². The highest BCUT2D eigenvalue weighted by atomic mass is 32.2. The number of rotatable bonds is 3. The molecule has 13 heavy (non-hydrogen) atoms. The molecule has 1 rings (SSSR count). The van der Waals surface area contributed by atoms with Crippen molar-refractivity contribution in [1.29, 1.82) is 0 Å². The van der Waals surface area contributed by atoms with Crippen LogP contribution < -0.4 is 0 Å². The molecular formula is C9H19NO2S. The third kappa shape index (κ3) is 4.09. The van der Waals surface area contributed by atoms with E-state index in [1.54, 1.807) is 0 Å². The molecule has 0 aromatic heterocycles. The van der Waals surface area contributed by atoms with Crippen molar-refractivity contribution in [2.45, 2.75) is 26.2 Å². The lowest BCUT2D eigenvalue weighted by molar-refractivity contribution is 0.290. The summed E-state index contributed by atoms with van der Waals surface area (Å²) in [5.41, 5.74) is 0. The van der Waals surface area contributed by atoms with Gasteiger partial charge >= 0.3 is 0 Å². The average Bonchev–Trinajstić information content (AvgIpc) is 2.23. The van der Waals surface area contributed by atoms with E-state index in [0.717, 1.165) is 26.1 Å². The van der Waals surface area contributed by atoms with Crippen molar-refractivity contribution in [2.75, 3.05) is 31.1 Å². The standard InChI is InChI=1S/C9H19NO2S/c1-2-3-5-10-6-4-8-13(11,12)9-7-10/h2-9H2,1H3. The van der Waals surface area contributed by atoms with E-state index >= 15 is 0 Å². The van der Waals surface area contributed by atoms with Gasteiger partial charge in [-0.2, -0.15) is 0 Å². The fourth-order valence-electron chi connectivity index (χ4n) is 1.60. The molecule has 1 saturated heterocycles. The van der Waals surface area contributed by atoms with E-state index in [9.17, 15) is 8.42 Å². The van der Waals surface area contributed by atoms with Crippen LogP contribution in [0.5, 0.6) is 0 Å². The lowest BCUT2D eigenvalue weighted by atomic mass is 10.3. The van der Waals surface area contributed by atoms with Crippen LogP contribution in [0.4, 0.5) is 0 Å². The first-order valence-corrected chi connectivity index (χ1v) is 6.89. The average molecular weight is 205 g/mol. The summed E-state index contributed by atoms with van der Waals surface area (Å²) in [6.45, 7) is 4.92. The van der Waals surface area contributed by atoms with E-state index in [1.807, 2.05) is 0 Å². The molecule has 0 radical (unpaired) electrons. The van der Waals surface area contributed by atoms with E-state index < -0.39 is 9.84 Å². The van der Waals surface area contributed by atoms with Crippen molar-refractivity contribution in [1.82, 2.24) is 4.90 Å². The molecule has 78 valence electrons. The van der Waals surface area contributed by atoms with Gasteiger partial charge in [0.2, 0.25) is 0 Å². The van der Waals surface area contributed by atoms with Gasteiger partial charge < -0.3 is 4.90 Å². The van der Waals surface area contributed by atoms with E-state index in [-0.39, 0.29) is 0 Å². The summed E-state index contributed by atoms with van der Waals surface area (Å²) in [7, 11) is -2.72. The maximum atomic E-state index is 11.3. The van der Waals surface area contributed by atoms with Crippen molar-refractivity contribution in [3.63, 3.8) is 0 Å². The summed E-state index contributed by atoms with van der Waals surface area (Å²) in [5.74, 6) is 0.742. The topological polar surface area (TPSA) is 37.4 Å². The van der Waals surface area contributed by atoms with Crippen LogP contribution >= 0.6 is 0 Å². The molecule has 0 aliphatic carbocycles. The first kappa shape index (κ1) is 11.0. The van der Waals surface area contributed by atoms with E-state index in [4.69, 9.17) is 0 Å². The minimum absolute atomic E-state index is 0.358. The number of hydrogen-bond donors (Lipinski definition) is 0. The van der Waals surface area contributed by atoms with Gasteiger partial charge in [0.1, 0.15) is 0 Å². The molecule has 0 spiro atoms. The van der Waals surface area contributed by atoms with E-state index in [2.05, 4.69) is 11.8 Å². The molecule has 0 aromatic rings. The van der Waals surface area contributed by atoms with Gasteiger partial charge in [-0.15, -0.1) is 0 Å². The summed E-state index contributed by atoms with van der Waals surface area (Å²) in [6, 6.07) is 0. The molecule has 0 N–H and O–H groups in total. The molecule has 1 aliphatic rings. The Morgan fingerprint density at radius 1 is 1.23 bits per heavy atom. The predicted molar refractivity (Wildman–Crippen MR) is 54.6 cm³/mol. The molecule has 1 heterocycles. The molecule has 0 saturated carbocycles. The lowest BCUT2D eigenvalue weighted by Gasteiger charge is -2.18. The SMILES string of the molecule is CCCCN1CCCS(=O)(=O)CC1. The number of nitrogens with zero attached hydrogens (tertiary/aromatic N) is 1. The number of hydrogen-bond acceptors (Lipinski definition) is 3. The summed E-state index contributed by atoms with van der Waals surface area (Å²) >= 11 is 0. The molecule has 4 heteroatoms. The van der Waals surface area contributed by atoms with Crippen LogP contribution in [0.25, 0.3) is 0 Å². The number of unbranched alkanes of at least 4 members (excludes halogenated alkanes) is 1. The zero-order chi connectivity index (χ0) is 9.73. The predicted octanol–water partition coefficient (Wildman–Crippen LogP) is 0.907. The lowest BCUT2D eigenvalue weighted by Crippen LogP contribution is -2.28. The zero-order valence-electron chi connectivity index (χ0n) is 8.33. The van der Waals surface area contributed by atoms with Crippen LogP contribution in [-0.2, 0) is 9.84 Å². The monoisotopic (exact) mass is 205 g/mol. The van der Waals surface area contributed by atoms with Gasteiger partial charge in [-0.05, 0) is 25.9 Å².